The third-order valence-corrected chi connectivity index (χ3v) is 7.93. The molecular formula is C12H28N2O3Si. The van der Waals surface area contributed by atoms with Crippen LogP contribution in [0.4, 0.5) is 4.79 Å². The van der Waals surface area contributed by atoms with Crippen molar-refractivity contribution in [2.24, 2.45) is 5.73 Å². The fourth-order valence-corrected chi connectivity index (χ4v) is 2.47. The number of nitrogens with one attached hydrogen (secondary N) is 1. The largest absolute Gasteiger partial charge is 0.447 e. The molecule has 3 N–H and O–H groups in total. The van der Waals surface area contributed by atoms with Gasteiger partial charge in [-0.15, -0.1) is 0 Å². The summed E-state index contributed by atoms with van der Waals surface area (Å²) in [6.07, 6.45) is -0.720. The van der Waals surface area contributed by atoms with Crippen LogP contribution < -0.4 is 11.1 Å². The molecule has 2 atom stereocenters. The van der Waals surface area contributed by atoms with Crippen molar-refractivity contribution in [3.05, 3.63) is 0 Å². The van der Waals surface area contributed by atoms with Gasteiger partial charge in [-0.2, -0.15) is 0 Å². The van der Waals surface area contributed by atoms with Gasteiger partial charge in [0.25, 0.3) is 0 Å². The van der Waals surface area contributed by atoms with Crippen LogP contribution in [0.2, 0.25) is 18.1 Å². The number of hydrogen-bond acceptors (Lipinski definition) is 4. The molecule has 0 aliphatic carbocycles. The number of amides is 1. The quantitative estimate of drug-likeness (QED) is 0.754. The van der Waals surface area contributed by atoms with Crippen molar-refractivity contribution in [2.45, 2.75) is 58.0 Å². The lowest BCUT2D eigenvalue weighted by Gasteiger charge is -2.40. The van der Waals surface area contributed by atoms with E-state index in [-0.39, 0.29) is 23.8 Å². The average molecular weight is 276 g/mol. The summed E-state index contributed by atoms with van der Waals surface area (Å²) in [4.78, 5) is 11.1. The molecule has 0 saturated carbocycles. The van der Waals surface area contributed by atoms with Gasteiger partial charge in [-0.3, -0.25) is 0 Å². The van der Waals surface area contributed by atoms with Crippen LogP contribution in [0.25, 0.3) is 0 Å². The van der Waals surface area contributed by atoms with Gasteiger partial charge in [0.1, 0.15) is 6.61 Å². The van der Waals surface area contributed by atoms with E-state index in [0.717, 1.165) is 0 Å². The van der Waals surface area contributed by atoms with Gasteiger partial charge in [-0.25, -0.2) is 4.79 Å². The first-order valence-corrected chi connectivity index (χ1v) is 9.20. The van der Waals surface area contributed by atoms with E-state index in [1.165, 1.54) is 7.05 Å². The number of nitrogens with two attached hydrogens (primary N) is 1. The van der Waals surface area contributed by atoms with Crippen LogP contribution in [0.1, 0.15) is 27.7 Å². The van der Waals surface area contributed by atoms with E-state index < -0.39 is 14.4 Å². The Morgan fingerprint density at radius 2 is 1.89 bits per heavy atom. The van der Waals surface area contributed by atoms with Crippen molar-refractivity contribution in [3.8, 4) is 0 Å². The van der Waals surface area contributed by atoms with E-state index in [1.54, 1.807) is 0 Å². The molecule has 0 unspecified atom stereocenters. The highest BCUT2D eigenvalue weighted by molar-refractivity contribution is 6.74. The molecule has 0 fully saturated rings. The Morgan fingerprint density at radius 1 is 1.39 bits per heavy atom. The lowest BCUT2D eigenvalue weighted by atomic mass is 10.2. The summed E-state index contributed by atoms with van der Waals surface area (Å²) in [6, 6.07) is -0.177. The van der Waals surface area contributed by atoms with E-state index >= 15 is 0 Å². The Balaban J connectivity index is 4.59. The number of carbonyl (C=O) groups is 1. The van der Waals surface area contributed by atoms with Gasteiger partial charge in [0, 0.05) is 13.1 Å². The molecular weight excluding hydrogens is 248 g/mol. The fourth-order valence-electron chi connectivity index (χ4n) is 1.08. The standard InChI is InChI=1S/C12H28N2O3Si/c1-9(13)10(8-16-11(15)14-5)17-18(6,7)12(2,3)4/h9-10H,8,13H2,1-7H3,(H,14,15)/t9-,10+/m1/s1. The third kappa shape index (κ3) is 5.37. The Kier molecular flexibility index (Phi) is 6.32. The van der Waals surface area contributed by atoms with E-state index in [4.69, 9.17) is 14.9 Å². The number of hydrogen-bond donors (Lipinski definition) is 2. The maximum absolute atomic E-state index is 11.1. The molecule has 0 aromatic heterocycles. The molecule has 0 aliphatic rings. The van der Waals surface area contributed by atoms with Crippen molar-refractivity contribution in [2.75, 3.05) is 13.7 Å². The molecule has 0 aromatic carbocycles. The van der Waals surface area contributed by atoms with Crippen LogP contribution in [-0.4, -0.2) is 40.2 Å². The molecule has 0 radical (unpaired) electrons. The van der Waals surface area contributed by atoms with E-state index in [1.807, 2.05) is 6.92 Å². The predicted molar refractivity (Wildman–Crippen MR) is 76.1 cm³/mol. The van der Waals surface area contributed by atoms with Gasteiger partial charge in [0.15, 0.2) is 8.32 Å². The maximum Gasteiger partial charge on any atom is 0.406 e. The second kappa shape index (κ2) is 6.54. The highest BCUT2D eigenvalue weighted by atomic mass is 28.4. The number of rotatable bonds is 5. The lowest BCUT2D eigenvalue weighted by molar-refractivity contribution is 0.0643. The summed E-state index contributed by atoms with van der Waals surface area (Å²) in [5, 5.41) is 2.51. The van der Waals surface area contributed by atoms with Crippen LogP contribution in [0.3, 0.4) is 0 Å². The van der Waals surface area contributed by atoms with Crippen LogP contribution in [0.5, 0.6) is 0 Å². The number of alkyl carbamates (subject to hydrolysis) is 1. The summed E-state index contributed by atoms with van der Waals surface area (Å²) in [7, 11) is -0.379. The monoisotopic (exact) mass is 276 g/mol. The van der Waals surface area contributed by atoms with Crippen molar-refractivity contribution in [1.82, 2.24) is 5.32 Å². The van der Waals surface area contributed by atoms with E-state index in [0.29, 0.717) is 0 Å². The molecule has 0 rings (SSSR count). The Bertz CT molecular complexity index is 275. The molecule has 0 heterocycles. The van der Waals surface area contributed by atoms with E-state index in [9.17, 15) is 4.79 Å². The van der Waals surface area contributed by atoms with Crippen molar-refractivity contribution >= 4 is 14.4 Å². The van der Waals surface area contributed by atoms with Gasteiger partial charge in [0.05, 0.1) is 6.10 Å². The zero-order valence-electron chi connectivity index (χ0n) is 12.7. The molecule has 0 spiro atoms. The first-order valence-electron chi connectivity index (χ1n) is 6.29. The Hall–Kier alpha value is -0.593. The Morgan fingerprint density at radius 3 is 2.22 bits per heavy atom. The molecule has 0 bridgehead atoms. The summed E-state index contributed by atoms with van der Waals surface area (Å²) >= 11 is 0. The maximum atomic E-state index is 11.1. The predicted octanol–water partition coefficient (Wildman–Crippen LogP) is 2.08. The second-order valence-electron chi connectivity index (χ2n) is 6.12. The first kappa shape index (κ1) is 17.4. The van der Waals surface area contributed by atoms with Crippen LogP contribution >= 0.6 is 0 Å². The zero-order valence-corrected chi connectivity index (χ0v) is 13.7. The van der Waals surface area contributed by atoms with Gasteiger partial charge in [0.2, 0.25) is 0 Å². The highest BCUT2D eigenvalue weighted by Crippen LogP contribution is 2.37. The SMILES string of the molecule is CNC(=O)OC[C@H](O[Si](C)(C)C(C)(C)C)[C@@H](C)N. The zero-order chi connectivity index (χ0) is 14.6. The topological polar surface area (TPSA) is 73.6 Å². The highest BCUT2D eigenvalue weighted by Gasteiger charge is 2.40. The smallest absolute Gasteiger partial charge is 0.406 e. The average Bonchev–Trinajstić information content (AvgIpc) is 2.21. The molecule has 6 heteroatoms. The fraction of sp³-hybridized carbons (Fsp3) is 0.917. The molecule has 0 aliphatic heterocycles. The third-order valence-electron chi connectivity index (χ3n) is 3.42. The van der Waals surface area contributed by atoms with Crippen molar-refractivity contribution in [3.63, 3.8) is 0 Å². The molecule has 0 saturated heterocycles. The minimum Gasteiger partial charge on any atom is -0.447 e. The minimum absolute atomic E-state index is 0.104. The van der Waals surface area contributed by atoms with Gasteiger partial charge in [-0.1, -0.05) is 20.8 Å². The van der Waals surface area contributed by atoms with Gasteiger partial charge < -0.3 is 20.2 Å². The van der Waals surface area contributed by atoms with Crippen molar-refractivity contribution in [1.29, 1.82) is 0 Å². The summed E-state index contributed by atoms with van der Waals surface area (Å²) in [6.45, 7) is 12.9. The van der Waals surface area contributed by atoms with E-state index in [2.05, 4.69) is 39.2 Å². The van der Waals surface area contributed by atoms with Crippen LogP contribution in [-0.2, 0) is 9.16 Å². The van der Waals surface area contributed by atoms with Gasteiger partial charge >= 0.3 is 6.09 Å². The Labute approximate surface area is 112 Å². The summed E-state index contributed by atoms with van der Waals surface area (Å²) in [5.74, 6) is 0. The second-order valence-corrected chi connectivity index (χ2v) is 10.9. The minimum atomic E-state index is -1.90. The van der Waals surface area contributed by atoms with Gasteiger partial charge in [-0.05, 0) is 25.1 Å². The van der Waals surface area contributed by atoms with Crippen LogP contribution in [0, 0.1) is 0 Å². The summed E-state index contributed by atoms with van der Waals surface area (Å²) < 4.78 is 11.2. The molecule has 1 amide bonds. The summed E-state index contributed by atoms with van der Waals surface area (Å²) in [5.41, 5.74) is 5.90. The lowest BCUT2D eigenvalue weighted by Crippen LogP contribution is -2.50. The molecule has 18 heavy (non-hydrogen) atoms. The van der Waals surface area contributed by atoms with Crippen molar-refractivity contribution < 1.29 is 14.0 Å². The van der Waals surface area contributed by atoms with Crippen LogP contribution in [0.15, 0.2) is 0 Å². The molecule has 108 valence electrons. The number of carbonyl (C=O) groups excluding carboxylic acids is 1. The normalized spacial score (nSPS) is 16.0. The molecule has 5 nitrogen and oxygen atoms in total. The number of ether oxygens (including phenoxy) is 1. The molecule has 0 aromatic rings. The first-order chi connectivity index (χ1) is 8.01.